The highest BCUT2D eigenvalue weighted by Crippen LogP contribution is 2.22. The van der Waals surface area contributed by atoms with Crippen LogP contribution in [0.1, 0.15) is 35.4 Å². The van der Waals surface area contributed by atoms with E-state index < -0.39 is 0 Å². The van der Waals surface area contributed by atoms with Crippen LogP contribution >= 0.6 is 0 Å². The molecule has 2 aliphatic rings. The number of piperidine rings is 1. The first kappa shape index (κ1) is 18.5. The van der Waals surface area contributed by atoms with Gasteiger partial charge in [-0.25, -0.2) is 0 Å². The summed E-state index contributed by atoms with van der Waals surface area (Å²) in [6.45, 7) is 3.38. The highest BCUT2D eigenvalue weighted by Gasteiger charge is 2.32. The molecule has 1 aromatic carbocycles. The summed E-state index contributed by atoms with van der Waals surface area (Å²) in [5.74, 6) is 0.0713. The molecule has 2 saturated heterocycles. The Bertz CT molecular complexity index is 845. The van der Waals surface area contributed by atoms with Crippen LogP contribution in [0.4, 0.5) is 0 Å². The summed E-state index contributed by atoms with van der Waals surface area (Å²) in [7, 11) is 0. The van der Waals surface area contributed by atoms with E-state index in [2.05, 4.69) is 10.2 Å². The number of hydrogen-bond acceptors (Lipinski definition) is 4. The molecule has 6 nitrogen and oxygen atoms in total. The molecule has 2 aliphatic heterocycles. The van der Waals surface area contributed by atoms with E-state index in [1.54, 1.807) is 48.7 Å². The van der Waals surface area contributed by atoms with Crippen LogP contribution in [0.5, 0.6) is 0 Å². The third-order valence-corrected chi connectivity index (χ3v) is 5.47. The van der Waals surface area contributed by atoms with Crippen molar-refractivity contribution in [3.05, 3.63) is 65.7 Å². The van der Waals surface area contributed by atoms with Crippen molar-refractivity contribution in [3.63, 3.8) is 0 Å². The van der Waals surface area contributed by atoms with Crippen LogP contribution in [0, 0.1) is 0 Å². The number of furan rings is 1. The molecule has 0 aliphatic carbocycles. The van der Waals surface area contributed by atoms with Crippen molar-refractivity contribution in [2.45, 2.75) is 25.3 Å². The van der Waals surface area contributed by atoms with Gasteiger partial charge in [0, 0.05) is 37.3 Å². The van der Waals surface area contributed by atoms with Crippen molar-refractivity contribution in [1.29, 1.82) is 0 Å². The van der Waals surface area contributed by atoms with Gasteiger partial charge in [0.15, 0.2) is 0 Å². The van der Waals surface area contributed by atoms with Crippen LogP contribution in [-0.4, -0.2) is 53.8 Å². The van der Waals surface area contributed by atoms with E-state index in [0.717, 1.165) is 19.5 Å². The van der Waals surface area contributed by atoms with E-state index in [9.17, 15) is 9.59 Å². The van der Waals surface area contributed by atoms with Crippen molar-refractivity contribution >= 4 is 17.9 Å². The number of nitrogens with zero attached hydrogens (tertiary/aromatic N) is 2. The first-order valence-corrected chi connectivity index (χ1v) is 9.85. The van der Waals surface area contributed by atoms with E-state index in [1.165, 1.54) is 12.8 Å². The summed E-state index contributed by atoms with van der Waals surface area (Å²) >= 11 is 0. The maximum absolute atomic E-state index is 13.2. The van der Waals surface area contributed by atoms with Crippen LogP contribution in [0.2, 0.25) is 0 Å². The third kappa shape index (κ3) is 4.17. The molecule has 6 heteroatoms. The summed E-state index contributed by atoms with van der Waals surface area (Å²) in [6, 6.07) is 12.8. The number of hydrogen-bond donors (Lipinski definition) is 1. The van der Waals surface area contributed by atoms with Crippen LogP contribution < -0.4 is 5.32 Å². The predicted molar refractivity (Wildman–Crippen MR) is 106 cm³/mol. The van der Waals surface area contributed by atoms with Gasteiger partial charge in [0.05, 0.1) is 6.26 Å². The fraction of sp³-hybridized carbons (Fsp3) is 0.364. The standard InChI is InChI=1S/C22H25N3O3/c26-21(17-7-2-1-3-8-17)23-20(15-19-10-6-14-28-19)22(27)25-13-12-24-11-5-4-9-18(24)16-25/h1-3,6-8,10,14-15,18H,4-5,9,11-13,16H2,(H,23,26)/b20-15+. The lowest BCUT2D eigenvalue weighted by molar-refractivity contribution is -0.130. The molecule has 4 rings (SSSR count). The lowest BCUT2D eigenvalue weighted by Crippen LogP contribution is -2.57. The summed E-state index contributed by atoms with van der Waals surface area (Å²) in [5, 5.41) is 2.80. The minimum atomic E-state index is -0.303. The average Bonchev–Trinajstić information content (AvgIpc) is 3.26. The van der Waals surface area contributed by atoms with Gasteiger partial charge in [-0.2, -0.15) is 0 Å². The first-order chi connectivity index (χ1) is 13.7. The molecule has 1 unspecified atom stereocenters. The zero-order valence-corrected chi connectivity index (χ0v) is 15.8. The second-order valence-electron chi connectivity index (χ2n) is 7.33. The van der Waals surface area contributed by atoms with Crippen LogP contribution in [0.25, 0.3) is 6.08 Å². The topological polar surface area (TPSA) is 65.8 Å². The normalized spacial score (nSPS) is 20.5. The van der Waals surface area contributed by atoms with Gasteiger partial charge in [0.2, 0.25) is 0 Å². The lowest BCUT2D eigenvalue weighted by atomic mass is 9.99. The van der Waals surface area contributed by atoms with Gasteiger partial charge in [-0.1, -0.05) is 24.6 Å². The van der Waals surface area contributed by atoms with E-state index in [-0.39, 0.29) is 17.5 Å². The van der Waals surface area contributed by atoms with Gasteiger partial charge in [-0.15, -0.1) is 0 Å². The first-order valence-electron chi connectivity index (χ1n) is 9.85. The molecule has 2 fully saturated rings. The Morgan fingerprint density at radius 1 is 1.04 bits per heavy atom. The summed E-state index contributed by atoms with van der Waals surface area (Å²) < 4.78 is 5.37. The minimum absolute atomic E-state index is 0.161. The Labute approximate surface area is 164 Å². The molecule has 146 valence electrons. The van der Waals surface area contributed by atoms with Gasteiger partial charge in [-0.05, 0) is 43.7 Å². The number of piperazine rings is 1. The minimum Gasteiger partial charge on any atom is -0.465 e. The van der Waals surface area contributed by atoms with Gasteiger partial charge in [-0.3, -0.25) is 14.5 Å². The number of carbonyl (C=O) groups is 2. The predicted octanol–water partition coefficient (Wildman–Crippen LogP) is 2.75. The highest BCUT2D eigenvalue weighted by atomic mass is 16.3. The van der Waals surface area contributed by atoms with Gasteiger partial charge in [0.1, 0.15) is 11.5 Å². The number of carbonyl (C=O) groups excluding carboxylic acids is 2. The Hall–Kier alpha value is -2.86. The van der Waals surface area contributed by atoms with E-state index in [0.29, 0.717) is 30.5 Å². The van der Waals surface area contributed by atoms with Crippen LogP contribution in [0.3, 0.4) is 0 Å². The molecular formula is C22H25N3O3. The molecule has 1 aromatic heterocycles. The zero-order valence-electron chi connectivity index (χ0n) is 15.8. The molecule has 0 saturated carbocycles. The monoisotopic (exact) mass is 379 g/mol. The van der Waals surface area contributed by atoms with Crippen molar-refractivity contribution in [3.8, 4) is 0 Å². The molecule has 0 radical (unpaired) electrons. The molecule has 2 amide bonds. The summed E-state index contributed by atoms with van der Waals surface area (Å²) in [6.07, 6.45) is 6.73. The molecule has 28 heavy (non-hydrogen) atoms. The van der Waals surface area contributed by atoms with Crippen molar-refractivity contribution < 1.29 is 14.0 Å². The van der Waals surface area contributed by atoms with E-state index in [1.807, 2.05) is 11.0 Å². The SMILES string of the molecule is O=C(N/C(=C/c1ccco1)C(=O)N1CCN2CCCCC2C1)c1ccccc1. The lowest BCUT2D eigenvalue weighted by Gasteiger charge is -2.44. The quantitative estimate of drug-likeness (QED) is 0.830. The van der Waals surface area contributed by atoms with Gasteiger partial charge < -0.3 is 14.6 Å². The zero-order chi connectivity index (χ0) is 19.3. The Balaban J connectivity index is 1.53. The van der Waals surface area contributed by atoms with E-state index in [4.69, 9.17) is 4.42 Å². The number of benzene rings is 1. The summed E-state index contributed by atoms with van der Waals surface area (Å²) in [4.78, 5) is 30.2. The molecule has 1 N–H and O–H groups in total. The summed E-state index contributed by atoms with van der Waals surface area (Å²) in [5.41, 5.74) is 0.755. The molecule has 3 heterocycles. The molecular weight excluding hydrogens is 354 g/mol. The Morgan fingerprint density at radius 2 is 1.89 bits per heavy atom. The molecule has 0 spiro atoms. The van der Waals surface area contributed by atoms with Crippen molar-refractivity contribution in [2.24, 2.45) is 0 Å². The number of rotatable bonds is 4. The highest BCUT2D eigenvalue weighted by molar-refractivity contribution is 6.05. The number of amides is 2. The molecule has 1 atom stereocenters. The third-order valence-electron chi connectivity index (χ3n) is 5.47. The Kier molecular flexibility index (Phi) is 5.58. The van der Waals surface area contributed by atoms with Gasteiger partial charge in [0.25, 0.3) is 11.8 Å². The van der Waals surface area contributed by atoms with Crippen LogP contribution in [0.15, 0.2) is 58.8 Å². The average molecular weight is 379 g/mol. The molecule has 0 bridgehead atoms. The maximum Gasteiger partial charge on any atom is 0.270 e. The van der Waals surface area contributed by atoms with Crippen molar-refractivity contribution in [2.75, 3.05) is 26.2 Å². The number of fused-ring (bicyclic) bond motifs is 1. The second-order valence-corrected chi connectivity index (χ2v) is 7.33. The maximum atomic E-state index is 13.2. The Morgan fingerprint density at radius 3 is 2.68 bits per heavy atom. The largest absolute Gasteiger partial charge is 0.465 e. The number of nitrogens with one attached hydrogen (secondary N) is 1. The smallest absolute Gasteiger partial charge is 0.270 e. The van der Waals surface area contributed by atoms with E-state index >= 15 is 0 Å². The second kappa shape index (κ2) is 8.44. The molecule has 2 aromatic rings. The fourth-order valence-electron chi connectivity index (χ4n) is 3.96. The van der Waals surface area contributed by atoms with Crippen LogP contribution in [-0.2, 0) is 4.79 Å². The van der Waals surface area contributed by atoms with Crippen molar-refractivity contribution in [1.82, 2.24) is 15.1 Å². The van der Waals surface area contributed by atoms with Gasteiger partial charge >= 0.3 is 0 Å². The fourth-order valence-corrected chi connectivity index (χ4v) is 3.96.